The molecule has 0 aliphatic heterocycles. The SMILES string of the molecule is CCOC(=O)C(Cc1cnn(Cc2ccccc2)c1)C(=O)NS(=O)(=O)c1ccc2ccccc2c1. The summed E-state index contributed by atoms with van der Waals surface area (Å²) in [5.74, 6) is -3.10. The molecule has 0 aliphatic rings. The molecule has 180 valence electrons. The van der Waals surface area contributed by atoms with E-state index in [2.05, 4.69) is 5.10 Å². The average Bonchev–Trinajstić information content (AvgIpc) is 3.29. The molecule has 0 saturated carbocycles. The van der Waals surface area contributed by atoms with Crippen molar-refractivity contribution in [1.82, 2.24) is 14.5 Å². The highest BCUT2D eigenvalue weighted by atomic mass is 32.2. The number of hydrogen-bond donors (Lipinski definition) is 1. The molecule has 0 fully saturated rings. The van der Waals surface area contributed by atoms with Gasteiger partial charge in [-0.25, -0.2) is 13.1 Å². The fourth-order valence-corrected chi connectivity index (χ4v) is 4.78. The first-order valence-corrected chi connectivity index (χ1v) is 12.6. The van der Waals surface area contributed by atoms with Crippen molar-refractivity contribution in [3.05, 3.63) is 96.3 Å². The zero-order valence-corrected chi connectivity index (χ0v) is 19.9. The topological polar surface area (TPSA) is 107 Å². The number of ether oxygens (including phenoxy) is 1. The van der Waals surface area contributed by atoms with Crippen molar-refractivity contribution in [3.8, 4) is 0 Å². The third-order valence-corrected chi connectivity index (χ3v) is 6.81. The molecule has 1 atom stereocenters. The van der Waals surface area contributed by atoms with Gasteiger partial charge < -0.3 is 4.74 Å². The van der Waals surface area contributed by atoms with Crippen molar-refractivity contribution < 1.29 is 22.7 Å². The molecule has 9 heteroatoms. The van der Waals surface area contributed by atoms with E-state index in [-0.39, 0.29) is 17.9 Å². The molecule has 1 aromatic heterocycles. The molecular weight excluding hydrogens is 466 g/mol. The Kier molecular flexibility index (Phi) is 7.26. The lowest BCUT2D eigenvalue weighted by Crippen LogP contribution is -2.40. The van der Waals surface area contributed by atoms with Crippen molar-refractivity contribution in [3.63, 3.8) is 0 Å². The van der Waals surface area contributed by atoms with E-state index < -0.39 is 27.8 Å². The predicted octanol–water partition coefficient (Wildman–Crippen LogP) is 3.31. The minimum absolute atomic E-state index is 0.0489. The molecule has 0 radical (unpaired) electrons. The summed E-state index contributed by atoms with van der Waals surface area (Å²) in [6.07, 6.45) is 3.23. The van der Waals surface area contributed by atoms with E-state index in [1.54, 1.807) is 42.2 Å². The Labute approximate surface area is 203 Å². The molecule has 8 nitrogen and oxygen atoms in total. The fourth-order valence-electron chi connectivity index (χ4n) is 3.73. The number of sulfonamides is 1. The van der Waals surface area contributed by atoms with Gasteiger partial charge in [0.15, 0.2) is 0 Å². The maximum absolute atomic E-state index is 13.0. The lowest BCUT2D eigenvalue weighted by molar-refractivity contribution is -0.151. The second-order valence-corrected chi connectivity index (χ2v) is 9.70. The van der Waals surface area contributed by atoms with E-state index in [1.807, 2.05) is 47.2 Å². The third kappa shape index (κ3) is 5.93. The summed E-state index contributed by atoms with van der Waals surface area (Å²) in [6, 6.07) is 21.6. The van der Waals surface area contributed by atoms with Crippen LogP contribution in [0.1, 0.15) is 18.1 Å². The summed E-state index contributed by atoms with van der Waals surface area (Å²) in [5.41, 5.74) is 1.65. The Morgan fingerprint density at radius 2 is 1.69 bits per heavy atom. The monoisotopic (exact) mass is 491 g/mol. The van der Waals surface area contributed by atoms with E-state index in [0.29, 0.717) is 12.1 Å². The van der Waals surface area contributed by atoms with Gasteiger partial charge in [-0.2, -0.15) is 5.10 Å². The van der Waals surface area contributed by atoms with Gasteiger partial charge in [-0.05, 0) is 47.4 Å². The average molecular weight is 492 g/mol. The van der Waals surface area contributed by atoms with Crippen LogP contribution in [0.4, 0.5) is 0 Å². The summed E-state index contributed by atoms with van der Waals surface area (Å²) in [7, 11) is -4.20. The molecule has 4 rings (SSSR count). The van der Waals surface area contributed by atoms with Crippen LogP contribution in [0.15, 0.2) is 90.1 Å². The second kappa shape index (κ2) is 10.5. The van der Waals surface area contributed by atoms with Crippen molar-refractivity contribution in [2.24, 2.45) is 5.92 Å². The van der Waals surface area contributed by atoms with Gasteiger partial charge in [0, 0.05) is 6.20 Å². The van der Waals surface area contributed by atoms with Gasteiger partial charge in [-0.1, -0.05) is 60.7 Å². The summed E-state index contributed by atoms with van der Waals surface area (Å²) in [5, 5.41) is 5.88. The Balaban J connectivity index is 1.52. The quantitative estimate of drug-likeness (QED) is 0.284. The Morgan fingerprint density at radius 1 is 0.971 bits per heavy atom. The van der Waals surface area contributed by atoms with E-state index >= 15 is 0 Å². The zero-order chi connectivity index (χ0) is 24.8. The molecule has 0 spiro atoms. The van der Waals surface area contributed by atoms with Gasteiger partial charge >= 0.3 is 5.97 Å². The number of esters is 1. The van der Waals surface area contributed by atoms with Gasteiger partial charge in [0.2, 0.25) is 5.91 Å². The van der Waals surface area contributed by atoms with Crippen LogP contribution in [0, 0.1) is 5.92 Å². The minimum atomic E-state index is -4.20. The molecule has 0 bridgehead atoms. The number of carbonyl (C=O) groups excluding carboxylic acids is 2. The van der Waals surface area contributed by atoms with Crippen LogP contribution in [0.2, 0.25) is 0 Å². The lowest BCUT2D eigenvalue weighted by Gasteiger charge is -2.15. The molecule has 35 heavy (non-hydrogen) atoms. The van der Waals surface area contributed by atoms with Gasteiger partial charge in [-0.15, -0.1) is 0 Å². The number of hydrogen-bond acceptors (Lipinski definition) is 6. The highest BCUT2D eigenvalue weighted by Gasteiger charge is 2.32. The minimum Gasteiger partial charge on any atom is -0.465 e. The zero-order valence-electron chi connectivity index (χ0n) is 19.1. The maximum atomic E-state index is 13.0. The largest absolute Gasteiger partial charge is 0.465 e. The van der Waals surface area contributed by atoms with Gasteiger partial charge in [0.05, 0.1) is 24.2 Å². The van der Waals surface area contributed by atoms with Crippen molar-refractivity contribution in [1.29, 1.82) is 0 Å². The van der Waals surface area contributed by atoms with Crippen molar-refractivity contribution in [2.75, 3.05) is 6.61 Å². The Morgan fingerprint density at radius 3 is 2.43 bits per heavy atom. The smallest absolute Gasteiger partial charge is 0.318 e. The fraction of sp³-hybridized carbons (Fsp3) is 0.192. The van der Waals surface area contributed by atoms with Crippen molar-refractivity contribution >= 4 is 32.7 Å². The van der Waals surface area contributed by atoms with Crippen LogP contribution in [0.25, 0.3) is 10.8 Å². The number of benzene rings is 3. The maximum Gasteiger partial charge on any atom is 0.318 e. The van der Waals surface area contributed by atoms with Crippen LogP contribution in [0.3, 0.4) is 0 Å². The molecular formula is C26H25N3O5S. The van der Waals surface area contributed by atoms with E-state index in [9.17, 15) is 18.0 Å². The molecule has 0 saturated heterocycles. The lowest BCUT2D eigenvalue weighted by atomic mass is 10.0. The molecule has 1 amide bonds. The second-order valence-electron chi connectivity index (χ2n) is 8.02. The van der Waals surface area contributed by atoms with Crippen LogP contribution in [0.5, 0.6) is 0 Å². The first-order chi connectivity index (χ1) is 16.9. The third-order valence-electron chi connectivity index (χ3n) is 5.47. The van der Waals surface area contributed by atoms with Crippen LogP contribution >= 0.6 is 0 Å². The molecule has 1 heterocycles. The number of aromatic nitrogens is 2. The number of nitrogens with one attached hydrogen (secondary N) is 1. The Bertz CT molecular complexity index is 1450. The van der Waals surface area contributed by atoms with Gasteiger partial charge in [0.1, 0.15) is 5.92 Å². The summed E-state index contributed by atoms with van der Waals surface area (Å²) >= 11 is 0. The van der Waals surface area contributed by atoms with Crippen molar-refractivity contribution in [2.45, 2.75) is 24.8 Å². The van der Waals surface area contributed by atoms with Gasteiger partial charge in [-0.3, -0.25) is 14.3 Å². The van der Waals surface area contributed by atoms with E-state index in [4.69, 9.17) is 4.74 Å². The standard InChI is InChI=1S/C26H25N3O5S/c1-2-34-26(31)24(14-20-16-27-29(18-20)17-19-8-4-3-5-9-19)25(30)28-35(32,33)23-13-12-21-10-6-7-11-22(21)15-23/h3-13,15-16,18,24H,2,14,17H2,1H3,(H,28,30). The number of nitrogens with zero attached hydrogens (tertiary/aromatic N) is 2. The van der Waals surface area contributed by atoms with Crippen LogP contribution in [-0.2, 0) is 37.3 Å². The van der Waals surface area contributed by atoms with E-state index in [0.717, 1.165) is 16.3 Å². The first-order valence-electron chi connectivity index (χ1n) is 11.1. The summed E-state index contributed by atoms with van der Waals surface area (Å²) in [6.45, 7) is 2.21. The molecule has 1 N–H and O–H groups in total. The summed E-state index contributed by atoms with van der Waals surface area (Å²) < 4.78 is 34.7. The van der Waals surface area contributed by atoms with Gasteiger partial charge in [0.25, 0.3) is 10.0 Å². The van der Waals surface area contributed by atoms with Crippen LogP contribution < -0.4 is 4.72 Å². The number of rotatable bonds is 9. The first kappa shape index (κ1) is 24.2. The number of carbonyl (C=O) groups is 2. The Hall–Kier alpha value is -3.98. The van der Waals surface area contributed by atoms with E-state index in [1.165, 1.54) is 12.1 Å². The molecule has 1 unspecified atom stereocenters. The highest BCUT2D eigenvalue weighted by Crippen LogP contribution is 2.20. The van der Waals surface area contributed by atoms with Crippen LogP contribution in [-0.4, -0.2) is 36.7 Å². The molecule has 4 aromatic rings. The summed E-state index contributed by atoms with van der Waals surface area (Å²) in [4.78, 5) is 25.5. The highest BCUT2D eigenvalue weighted by molar-refractivity contribution is 7.90. The normalized spacial score (nSPS) is 12.3. The number of fused-ring (bicyclic) bond motifs is 1. The number of amides is 1. The molecule has 0 aliphatic carbocycles. The predicted molar refractivity (Wildman–Crippen MR) is 131 cm³/mol. The molecule has 3 aromatic carbocycles.